The lowest BCUT2D eigenvalue weighted by Crippen LogP contribution is -2.31. The Kier molecular flexibility index (Phi) is 4.78. The van der Waals surface area contributed by atoms with Crippen LogP contribution in [-0.2, 0) is 4.79 Å². The molecule has 1 amide bonds. The van der Waals surface area contributed by atoms with Crippen LogP contribution in [0.4, 0.5) is 0 Å². The van der Waals surface area contributed by atoms with Gasteiger partial charge in [0.2, 0.25) is 5.91 Å². The van der Waals surface area contributed by atoms with Crippen molar-refractivity contribution >= 4 is 5.91 Å². The number of carbonyl (C=O) groups excluding carboxylic acids is 1. The van der Waals surface area contributed by atoms with Gasteiger partial charge in [-0.05, 0) is 25.8 Å². The first-order valence-corrected chi connectivity index (χ1v) is 4.94. The fourth-order valence-corrected chi connectivity index (χ4v) is 1.47. The van der Waals surface area contributed by atoms with E-state index >= 15 is 0 Å². The molecule has 76 valence electrons. The molecular weight excluding hydrogens is 168 g/mol. The van der Waals surface area contributed by atoms with Crippen molar-refractivity contribution < 1.29 is 9.90 Å². The fraction of sp³-hybridized carbons (Fsp3) is 0.889. The molecule has 4 heteroatoms. The van der Waals surface area contributed by atoms with E-state index in [0.29, 0.717) is 12.5 Å². The van der Waals surface area contributed by atoms with Crippen LogP contribution >= 0.6 is 0 Å². The molecule has 1 fully saturated rings. The summed E-state index contributed by atoms with van der Waals surface area (Å²) in [7, 11) is 0. The van der Waals surface area contributed by atoms with Crippen molar-refractivity contribution in [1.82, 2.24) is 10.6 Å². The number of aliphatic hydroxyl groups is 1. The van der Waals surface area contributed by atoms with E-state index in [1.807, 2.05) is 0 Å². The third kappa shape index (κ3) is 4.24. The van der Waals surface area contributed by atoms with Gasteiger partial charge in [-0.15, -0.1) is 0 Å². The van der Waals surface area contributed by atoms with Crippen LogP contribution in [-0.4, -0.2) is 36.8 Å². The van der Waals surface area contributed by atoms with Crippen LogP contribution in [0.5, 0.6) is 0 Å². The molecule has 3 N–H and O–H groups in total. The van der Waals surface area contributed by atoms with E-state index in [1.54, 1.807) is 0 Å². The summed E-state index contributed by atoms with van der Waals surface area (Å²) < 4.78 is 0. The van der Waals surface area contributed by atoms with Crippen LogP contribution < -0.4 is 10.6 Å². The molecule has 1 aliphatic rings. The summed E-state index contributed by atoms with van der Waals surface area (Å²) in [6.45, 7) is 1.99. The molecule has 1 aliphatic heterocycles. The third-order valence-corrected chi connectivity index (χ3v) is 2.25. The Morgan fingerprint density at radius 1 is 1.46 bits per heavy atom. The molecule has 0 spiro atoms. The van der Waals surface area contributed by atoms with E-state index in [-0.39, 0.29) is 12.5 Å². The number of amides is 1. The van der Waals surface area contributed by atoms with Crippen LogP contribution in [0.25, 0.3) is 0 Å². The maximum absolute atomic E-state index is 10.8. The summed E-state index contributed by atoms with van der Waals surface area (Å²) in [6.07, 6.45) is 3.62. The van der Waals surface area contributed by atoms with E-state index in [9.17, 15) is 4.79 Å². The number of hydrogen-bond donors (Lipinski definition) is 3. The smallest absolute Gasteiger partial charge is 0.221 e. The predicted octanol–water partition coefficient (Wildman–Crippen LogP) is -0.373. The monoisotopic (exact) mass is 186 g/mol. The molecule has 0 saturated carbocycles. The molecule has 1 atom stereocenters. The van der Waals surface area contributed by atoms with Gasteiger partial charge in [-0.25, -0.2) is 0 Å². The maximum Gasteiger partial charge on any atom is 0.221 e. The molecule has 4 nitrogen and oxygen atoms in total. The van der Waals surface area contributed by atoms with Crippen molar-refractivity contribution in [3.8, 4) is 0 Å². The number of nitrogens with one attached hydrogen (secondary N) is 2. The average molecular weight is 186 g/mol. The molecule has 0 bridgehead atoms. The van der Waals surface area contributed by atoms with Crippen molar-refractivity contribution in [2.24, 2.45) is 0 Å². The molecule has 0 aliphatic carbocycles. The molecule has 1 heterocycles. The lowest BCUT2D eigenvalue weighted by molar-refractivity contribution is -0.119. The molecule has 0 radical (unpaired) electrons. The second-order valence-corrected chi connectivity index (χ2v) is 3.44. The topological polar surface area (TPSA) is 61.4 Å². The van der Waals surface area contributed by atoms with E-state index in [4.69, 9.17) is 5.11 Å². The molecule has 1 saturated heterocycles. The summed E-state index contributed by atoms with van der Waals surface area (Å²) in [6, 6.07) is 0.321. The fourth-order valence-electron chi connectivity index (χ4n) is 1.47. The minimum Gasteiger partial charge on any atom is -0.396 e. The largest absolute Gasteiger partial charge is 0.396 e. The van der Waals surface area contributed by atoms with Crippen LogP contribution in [0, 0.1) is 0 Å². The van der Waals surface area contributed by atoms with Gasteiger partial charge in [0.25, 0.3) is 0 Å². The number of aliphatic hydroxyl groups excluding tert-OH is 1. The zero-order chi connectivity index (χ0) is 9.52. The minimum atomic E-state index is 0.146. The van der Waals surface area contributed by atoms with Gasteiger partial charge in [-0.2, -0.15) is 0 Å². The summed E-state index contributed by atoms with van der Waals surface area (Å²) >= 11 is 0. The highest BCUT2D eigenvalue weighted by Crippen LogP contribution is 1.99. The molecule has 1 unspecified atom stereocenters. The minimum absolute atomic E-state index is 0.146. The number of carbonyl (C=O) groups is 1. The first kappa shape index (κ1) is 10.5. The molecule has 0 aromatic carbocycles. The van der Waals surface area contributed by atoms with Crippen molar-refractivity contribution in [3.63, 3.8) is 0 Å². The quantitative estimate of drug-likeness (QED) is 0.496. The Morgan fingerprint density at radius 2 is 2.31 bits per heavy atom. The van der Waals surface area contributed by atoms with Crippen molar-refractivity contribution in [2.75, 3.05) is 19.7 Å². The Labute approximate surface area is 78.7 Å². The van der Waals surface area contributed by atoms with Gasteiger partial charge in [0.15, 0.2) is 0 Å². The Balaban J connectivity index is 1.91. The van der Waals surface area contributed by atoms with Gasteiger partial charge >= 0.3 is 0 Å². The summed E-state index contributed by atoms with van der Waals surface area (Å²) in [4.78, 5) is 10.8. The Hall–Kier alpha value is -0.610. The molecular formula is C9H18N2O2. The van der Waals surface area contributed by atoms with Gasteiger partial charge in [0, 0.05) is 25.6 Å². The van der Waals surface area contributed by atoms with E-state index in [2.05, 4.69) is 10.6 Å². The molecule has 0 aromatic rings. The van der Waals surface area contributed by atoms with Gasteiger partial charge in [-0.1, -0.05) is 0 Å². The summed E-state index contributed by atoms with van der Waals surface area (Å²) in [5.74, 6) is 0.146. The third-order valence-electron chi connectivity index (χ3n) is 2.25. The standard InChI is InChI=1S/C9H18N2O2/c12-5-3-1-2-4-10-8-6-9(13)11-7-8/h8,10,12H,1-7H2,(H,11,13). The van der Waals surface area contributed by atoms with E-state index < -0.39 is 0 Å². The zero-order valence-electron chi connectivity index (χ0n) is 7.88. The molecule has 13 heavy (non-hydrogen) atoms. The van der Waals surface area contributed by atoms with Crippen LogP contribution in [0.2, 0.25) is 0 Å². The molecule has 1 rings (SSSR count). The highest BCUT2D eigenvalue weighted by atomic mass is 16.2. The predicted molar refractivity (Wildman–Crippen MR) is 50.4 cm³/mol. The summed E-state index contributed by atoms with van der Waals surface area (Å²) in [5, 5.41) is 14.6. The molecule has 0 aromatic heterocycles. The average Bonchev–Trinajstić information content (AvgIpc) is 2.51. The van der Waals surface area contributed by atoms with Crippen molar-refractivity contribution in [2.45, 2.75) is 31.7 Å². The Bertz CT molecular complexity index is 162. The number of hydrogen-bond acceptors (Lipinski definition) is 3. The second-order valence-electron chi connectivity index (χ2n) is 3.44. The van der Waals surface area contributed by atoms with E-state index in [0.717, 1.165) is 32.4 Å². The highest BCUT2D eigenvalue weighted by Gasteiger charge is 2.19. The van der Waals surface area contributed by atoms with E-state index in [1.165, 1.54) is 0 Å². The maximum atomic E-state index is 10.8. The lowest BCUT2D eigenvalue weighted by Gasteiger charge is -2.09. The number of rotatable bonds is 6. The highest BCUT2D eigenvalue weighted by molar-refractivity contribution is 5.78. The van der Waals surface area contributed by atoms with Crippen LogP contribution in [0.15, 0.2) is 0 Å². The zero-order valence-corrected chi connectivity index (χ0v) is 7.88. The van der Waals surface area contributed by atoms with Crippen molar-refractivity contribution in [1.29, 1.82) is 0 Å². The van der Waals surface area contributed by atoms with Gasteiger partial charge < -0.3 is 15.7 Å². The second kappa shape index (κ2) is 5.94. The lowest BCUT2D eigenvalue weighted by atomic mass is 10.2. The summed E-state index contributed by atoms with van der Waals surface area (Å²) in [5.41, 5.74) is 0. The van der Waals surface area contributed by atoms with Crippen LogP contribution in [0.3, 0.4) is 0 Å². The van der Waals surface area contributed by atoms with Crippen molar-refractivity contribution in [3.05, 3.63) is 0 Å². The van der Waals surface area contributed by atoms with Gasteiger partial charge in [-0.3, -0.25) is 4.79 Å². The SMILES string of the molecule is O=C1CC(NCCCCCO)CN1. The number of unbranched alkanes of at least 4 members (excludes halogenated alkanes) is 2. The Morgan fingerprint density at radius 3 is 2.92 bits per heavy atom. The first-order chi connectivity index (χ1) is 6.33. The van der Waals surface area contributed by atoms with Gasteiger partial charge in [0.1, 0.15) is 0 Å². The normalized spacial score (nSPS) is 21.9. The van der Waals surface area contributed by atoms with Crippen LogP contribution in [0.1, 0.15) is 25.7 Å². The first-order valence-electron chi connectivity index (χ1n) is 4.94. The van der Waals surface area contributed by atoms with Gasteiger partial charge in [0.05, 0.1) is 0 Å².